The summed E-state index contributed by atoms with van der Waals surface area (Å²) >= 11 is 0. The van der Waals surface area contributed by atoms with Gasteiger partial charge in [0, 0.05) is 38.1 Å². The molecule has 0 unspecified atom stereocenters. The molecule has 2 spiro atoms. The molecule has 2 aliphatic carbocycles. The fourth-order valence-corrected chi connectivity index (χ4v) is 8.32. The minimum absolute atomic E-state index is 0. The summed E-state index contributed by atoms with van der Waals surface area (Å²) in [7, 11) is 0. The molecule has 0 atom stereocenters. The number of carbonyl (C=O) groups excluding carboxylic acids is 3. The largest absolute Gasteiger partial charge is 1.00 e. The van der Waals surface area contributed by atoms with Crippen molar-refractivity contribution in [1.29, 1.82) is 0 Å². The molecule has 2 aliphatic heterocycles. The molecular formula is C41H57F3K2N4O11. The molecule has 61 heavy (non-hydrogen) atoms. The summed E-state index contributed by atoms with van der Waals surface area (Å²) < 4.78 is 49.4. The molecule has 1 N–H and O–H groups in total. The van der Waals surface area contributed by atoms with Crippen molar-refractivity contribution in [2.75, 3.05) is 31.1 Å². The van der Waals surface area contributed by atoms with E-state index in [1.54, 1.807) is 0 Å². The molecule has 0 radical (unpaired) electrons. The topological polar surface area (TPSA) is 204 Å². The number of non-ortho nitro benzene ring substituents is 2. The molecule has 4 fully saturated rings. The van der Waals surface area contributed by atoms with Crippen molar-refractivity contribution in [2.24, 2.45) is 22.7 Å². The SMILES string of the molecule is CC(C)(C)OC(=O)CC1CC2(CCN(c3ccc([N+](=O)[O-])cc3F)CC2)C1.CC(C)(C)OC(=O)CC1CC2(CCNCC2)C1.O=CO[O-].O=[N+]([O-])c1ccc(F)c(F)c1.[H-].[K+].[K+]. The van der Waals surface area contributed by atoms with Crippen LogP contribution in [0, 0.1) is 60.3 Å². The van der Waals surface area contributed by atoms with E-state index in [-0.39, 0.29) is 139 Å². The van der Waals surface area contributed by atoms with Crippen LogP contribution in [-0.4, -0.2) is 65.6 Å². The first-order valence-corrected chi connectivity index (χ1v) is 19.6. The molecule has 0 aromatic heterocycles. The predicted octanol–water partition coefficient (Wildman–Crippen LogP) is 1.39. The number of nitrogens with one attached hydrogen (secondary N) is 1. The van der Waals surface area contributed by atoms with E-state index in [1.165, 1.54) is 37.8 Å². The smallest absolute Gasteiger partial charge is 1.00 e. The van der Waals surface area contributed by atoms with E-state index >= 15 is 0 Å². The number of halogens is 3. The standard InChI is InChI=1S/C20H27FN2O4.C14H25NO2.C6H3F2NO2.CH2O3.2K.H/c1-19(2,3)27-18(24)10-14-12-20(13-14)6-8-22(9-7-20)17-5-4-15(23(25)26)11-16(17)21;1-13(2,3)17-12(16)8-11-9-14(10-11)4-6-15-7-5-14;7-5-2-1-4(9(10)11)3-6(5)8;2-1-4-3;;;/h4-5,11,14H,6-10,12-13H2,1-3H3;11,15H,4-10H2,1-3H3;1-3H;1,3H;;;/q;;;;2*+1;-1/p-1. The number of ether oxygens (including phenoxy) is 2. The minimum Gasteiger partial charge on any atom is -1.00 e. The molecular weight excluding hydrogens is 860 g/mol. The summed E-state index contributed by atoms with van der Waals surface area (Å²) in [4.78, 5) is 56.2. The first-order valence-electron chi connectivity index (χ1n) is 19.6. The van der Waals surface area contributed by atoms with Gasteiger partial charge in [-0.1, -0.05) is 0 Å². The minimum atomic E-state index is -1.21. The number of benzene rings is 2. The Morgan fingerprint density at radius 1 is 0.754 bits per heavy atom. The van der Waals surface area contributed by atoms with Gasteiger partial charge in [-0.2, -0.15) is 0 Å². The van der Waals surface area contributed by atoms with Gasteiger partial charge in [0.15, 0.2) is 17.5 Å². The molecule has 15 nitrogen and oxygen atoms in total. The Hall–Kier alpha value is -1.57. The average Bonchev–Trinajstić information content (AvgIpc) is 3.11. The molecule has 0 bridgehead atoms. The Balaban J connectivity index is 0.000000913. The number of nitrogens with zero attached hydrogens (tertiary/aromatic N) is 3. The van der Waals surface area contributed by atoms with Crippen molar-refractivity contribution >= 4 is 35.5 Å². The summed E-state index contributed by atoms with van der Waals surface area (Å²) in [6.07, 6.45) is 10.1. The summed E-state index contributed by atoms with van der Waals surface area (Å²) in [6.45, 7) is 15.0. The molecule has 2 saturated heterocycles. The van der Waals surface area contributed by atoms with Gasteiger partial charge < -0.3 is 31.3 Å². The summed E-state index contributed by atoms with van der Waals surface area (Å²) in [6, 6.07) is 5.99. The third kappa shape index (κ3) is 19.6. The van der Waals surface area contributed by atoms with E-state index in [4.69, 9.17) is 19.5 Å². The number of nitro groups is 2. The van der Waals surface area contributed by atoms with E-state index < -0.39 is 38.6 Å². The van der Waals surface area contributed by atoms with E-state index in [0.717, 1.165) is 64.0 Å². The number of carbonyl (C=O) groups is 3. The van der Waals surface area contributed by atoms with E-state index in [9.17, 15) is 43.0 Å². The third-order valence-electron chi connectivity index (χ3n) is 10.8. The Kier molecular flexibility index (Phi) is 24.3. The maximum Gasteiger partial charge on any atom is 1.00 e. The van der Waals surface area contributed by atoms with E-state index in [0.29, 0.717) is 47.9 Å². The number of hydrogen-bond donors (Lipinski definition) is 1. The van der Waals surface area contributed by atoms with Gasteiger partial charge in [0.2, 0.25) is 0 Å². The first kappa shape index (κ1) is 57.4. The second-order valence-electron chi connectivity index (χ2n) is 17.8. The van der Waals surface area contributed by atoms with Gasteiger partial charge >= 0.3 is 115 Å². The fourth-order valence-electron chi connectivity index (χ4n) is 8.32. The number of hydrogen-bond acceptors (Lipinski definition) is 13. The van der Waals surface area contributed by atoms with Gasteiger partial charge in [-0.3, -0.25) is 34.6 Å². The number of esters is 2. The van der Waals surface area contributed by atoms with Crippen molar-refractivity contribution in [1.82, 2.24) is 5.32 Å². The molecule has 2 aromatic carbocycles. The monoisotopic (exact) mass is 916 g/mol. The van der Waals surface area contributed by atoms with E-state index in [2.05, 4.69) is 10.2 Å². The van der Waals surface area contributed by atoms with E-state index in [1.807, 2.05) is 46.4 Å². The van der Waals surface area contributed by atoms with Gasteiger partial charge in [-0.25, -0.2) is 13.2 Å². The average molecular weight is 917 g/mol. The maximum absolute atomic E-state index is 14.2. The second-order valence-corrected chi connectivity index (χ2v) is 17.8. The Labute approximate surface area is 441 Å². The number of piperidine rings is 2. The van der Waals surface area contributed by atoms with Crippen LogP contribution in [0.5, 0.6) is 0 Å². The van der Waals surface area contributed by atoms with Crippen molar-refractivity contribution < 1.29 is 161 Å². The molecule has 20 heteroatoms. The number of anilines is 1. The third-order valence-corrected chi connectivity index (χ3v) is 10.8. The Morgan fingerprint density at radius 2 is 1.15 bits per heavy atom. The van der Waals surface area contributed by atoms with Crippen LogP contribution in [-0.2, 0) is 28.7 Å². The van der Waals surface area contributed by atoms with Crippen LogP contribution >= 0.6 is 0 Å². The van der Waals surface area contributed by atoms with Gasteiger partial charge in [0.1, 0.15) is 11.2 Å². The van der Waals surface area contributed by atoms with Gasteiger partial charge in [0.25, 0.3) is 17.8 Å². The fraction of sp³-hybridized carbons (Fsp3) is 0.634. The van der Waals surface area contributed by atoms with Crippen molar-refractivity contribution in [3.8, 4) is 0 Å². The van der Waals surface area contributed by atoms with Crippen LogP contribution in [0.3, 0.4) is 0 Å². The zero-order valence-corrected chi connectivity index (χ0v) is 42.8. The maximum atomic E-state index is 14.2. The van der Waals surface area contributed by atoms with Crippen LogP contribution < -0.4 is 118 Å². The number of nitro benzene ring substituents is 2. The molecule has 2 aromatic rings. The Morgan fingerprint density at radius 3 is 1.51 bits per heavy atom. The van der Waals surface area contributed by atoms with Crippen LogP contribution in [0.25, 0.3) is 0 Å². The molecule has 2 heterocycles. The van der Waals surface area contributed by atoms with Crippen LogP contribution in [0.4, 0.5) is 30.2 Å². The Bertz CT molecular complexity index is 1770. The zero-order valence-electron chi connectivity index (χ0n) is 37.6. The van der Waals surface area contributed by atoms with Crippen molar-refractivity contribution in [2.45, 2.75) is 117 Å². The van der Waals surface area contributed by atoms with Crippen molar-refractivity contribution in [3.63, 3.8) is 0 Å². The predicted molar refractivity (Wildman–Crippen MR) is 209 cm³/mol. The second kappa shape index (κ2) is 25.8. The summed E-state index contributed by atoms with van der Waals surface area (Å²) in [5.74, 6) is -2.05. The van der Waals surface area contributed by atoms with Crippen LogP contribution in [0.1, 0.15) is 107 Å². The molecule has 4 aliphatic rings. The zero-order chi connectivity index (χ0) is 44.2. The molecule has 6 rings (SSSR count). The molecule has 2 saturated carbocycles. The summed E-state index contributed by atoms with van der Waals surface area (Å²) in [5, 5.41) is 32.6. The summed E-state index contributed by atoms with van der Waals surface area (Å²) in [5.41, 5.74) is -0.220. The molecule has 330 valence electrons. The normalized spacial score (nSPS) is 18.5. The van der Waals surface area contributed by atoms with Gasteiger partial charge in [-0.15, -0.1) is 0 Å². The van der Waals surface area contributed by atoms with Gasteiger partial charge in [0.05, 0.1) is 27.7 Å². The van der Waals surface area contributed by atoms with Crippen molar-refractivity contribution in [3.05, 3.63) is 74.1 Å². The van der Waals surface area contributed by atoms with Crippen LogP contribution in [0.2, 0.25) is 0 Å². The quantitative estimate of drug-likeness (QED) is 0.0995. The van der Waals surface area contributed by atoms with Gasteiger partial charge in [-0.05, 0) is 141 Å². The van der Waals surface area contributed by atoms with Crippen LogP contribution in [0.15, 0.2) is 36.4 Å². The first-order chi connectivity index (χ1) is 27.5. The number of rotatable bonds is 8. The molecule has 0 amide bonds.